The summed E-state index contributed by atoms with van der Waals surface area (Å²) >= 11 is 0. The molecule has 102 valence electrons. The molecule has 0 unspecified atom stereocenters. The number of aryl methyl sites for hydroxylation is 1. The van der Waals surface area contributed by atoms with Crippen molar-refractivity contribution >= 4 is 10.0 Å². The summed E-state index contributed by atoms with van der Waals surface area (Å²) in [5, 5.41) is 3.61. The van der Waals surface area contributed by atoms with Gasteiger partial charge in [-0.2, -0.15) is 4.98 Å². The summed E-state index contributed by atoms with van der Waals surface area (Å²) < 4.78 is 31.2. The molecule has 2 rings (SSSR count). The highest BCUT2D eigenvalue weighted by Gasteiger charge is 2.15. The summed E-state index contributed by atoms with van der Waals surface area (Å²) in [7, 11) is -3.61. The molecule has 0 amide bonds. The van der Waals surface area contributed by atoms with Crippen molar-refractivity contribution in [3.8, 4) is 0 Å². The van der Waals surface area contributed by atoms with Crippen molar-refractivity contribution in [2.75, 3.05) is 0 Å². The van der Waals surface area contributed by atoms with Gasteiger partial charge in [-0.05, 0) is 17.7 Å². The first kappa shape index (κ1) is 13.7. The lowest BCUT2D eigenvalue weighted by molar-refractivity contribution is 0.387. The van der Waals surface area contributed by atoms with E-state index in [1.165, 1.54) is 12.1 Å². The van der Waals surface area contributed by atoms with E-state index in [2.05, 4.69) is 14.9 Å². The maximum absolute atomic E-state index is 12.0. The van der Waals surface area contributed by atoms with Gasteiger partial charge in [-0.15, -0.1) is 0 Å². The molecule has 7 nitrogen and oxygen atoms in total. The van der Waals surface area contributed by atoms with Gasteiger partial charge in [-0.25, -0.2) is 13.1 Å². The molecule has 0 aliphatic heterocycles. The molecule has 3 N–H and O–H groups in total. The lowest BCUT2D eigenvalue weighted by Crippen LogP contribution is -2.24. The predicted molar refractivity (Wildman–Crippen MR) is 67.4 cm³/mol. The van der Waals surface area contributed by atoms with E-state index in [1.54, 1.807) is 19.1 Å². The quantitative estimate of drug-likeness (QED) is 0.816. The monoisotopic (exact) mass is 282 g/mol. The molecule has 0 atom stereocenters. The van der Waals surface area contributed by atoms with E-state index >= 15 is 0 Å². The molecule has 1 aromatic carbocycles. The van der Waals surface area contributed by atoms with Crippen LogP contribution in [0.25, 0.3) is 0 Å². The minimum atomic E-state index is -3.61. The molecular formula is C11H14N4O3S. The fourth-order valence-corrected chi connectivity index (χ4v) is 2.55. The number of nitrogens with two attached hydrogens (primary N) is 1. The summed E-state index contributed by atoms with van der Waals surface area (Å²) in [6, 6.07) is 6.45. The Morgan fingerprint density at radius 3 is 2.84 bits per heavy atom. The van der Waals surface area contributed by atoms with Crippen molar-refractivity contribution in [1.82, 2.24) is 14.9 Å². The molecule has 2 aromatic rings. The van der Waals surface area contributed by atoms with Crippen LogP contribution < -0.4 is 10.5 Å². The highest BCUT2D eigenvalue weighted by atomic mass is 32.2. The topological polar surface area (TPSA) is 111 Å². The maximum Gasteiger partial charge on any atom is 0.240 e. The van der Waals surface area contributed by atoms with E-state index in [-0.39, 0.29) is 23.8 Å². The Kier molecular flexibility index (Phi) is 3.93. The van der Waals surface area contributed by atoms with Crippen LogP contribution in [0.1, 0.15) is 17.3 Å². The van der Waals surface area contributed by atoms with Crippen molar-refractivity contribution < 1.29 is 12.9 Å². The maximum atomic E-state index is 12.0. The molecule has 0 saturated carbocycles. The highest BCUT2D eigenvalue weighted by Crippen LogP contribution is 2.11. The van der Waals surface area contributed by atoms with E-state index in [4.69, 9.17) is 10.3 Å². The third-order valence-corrected chi connectivity index (χ3v) is 3.83. The lowest BCUT2D eigenvalue weighted by atomic mass is 10.2. The fraction of sp³-hybridized carbons (Fsp3) is 0.273. The van der Waals surface area contributed by atoms with Crippen molar-refractivity contribution in [3.05, 3.63) is 41.5 Å². The minimum Gasteiger partial charge on any atom is -0.340 e. The Hall–Kier alpha value is -1.77. The molecule has 0 spiro atoms. The summed E-state index contributed by atoms with van der Waals surface area (Å²) in [5.74, 6) is 0.676. The number of sulfonamides is 1. The second kappa shape index (κ2) is 5.47. The van der Waals surface area contributed by atoms with Crippen LogP contribution in [0.5, 0.6) is 0 Å². The lowest BCUT2D eigenvalue weighted by Gasteiger charge is -2.06. The molecule has 0 aliphatic carbocycles. The van der Waals surface area contributed by atoms with Crippen molar-refractivity contribution in [2.24, 2.45) is 5.73 Å². The number of aromatic nitrogens is 2. The number of nitrogens with one attached hydrogen (secondary N) is 1. The summed E-state index contributed by atoms with van der Waals surface area (Å²) in [6.07, 6.45) is 0. The number of hydrogen-bond donors (Lipinski definition) is 2. The first-order valence-corrected chi connectivity index (χ1v) is 7.07. The van der Waals surface area contributed by atoms with Gasteiger partial charge in [0, 0.05) is 13.5 Å². The minimum absolute atomic E-state index is 0.0213. The summed E-state index contributed by atoms with van der Waals surface area (Å²) in [5.41, 5.74) is 6.23. The third-order valence-electron chi connectivity index (χ3n) is 2.43. The van der Waals surface area contributed by atoms with Crippen LogP contribution in [-0.4, -0.2) is 18.6 Å². The van der Waals surface area contributed by atoms with Crippen LogP contribution in [0.2, 0.25) is 0 Å². The smallest absolute Gasteiger partial charge is 0.240 e. The fourth-order valence-electron chi connectivity index (χ4n) is 1.50. The zero-order valence-corrected chi connectivity index (χ0v) is 11.1. The van der Waals surface area contributed by atoms with Gasteiger partial charge in [0.05, 0.1) is 11.4 Å². The predicted octanol–water partition coefficient (Wildman–Crippen LogP) is 0.315. The van der Waals surface area contributed by atoms with E-state index in [0.29, 0.717) is 5.89 Å². The molecule has 19 heavy (non-hydrogen) atoms. The number of benzene rings is 1. The van der Waals surface area contributed by atoms with Gasteiger partial charge in [0.1, 0.15) is 0 Å². The number of hydrogen-bond acceptors (Lipinski definition) is 6. The normalized spacial score (nSPS) is 11.7. The second-order valence-electron chi connectivity index (χ2n) is 3.91. The van der Waals surface area contributed by atoms with E-state index in [0.717, 1.165) is 5.56 Å². The molecular weight excluding hydrogens is 268 g/mol. The standard InChI is InChI=1S/C11H14N4O3S/c1-8-14-11(15-18-8)7-13-19(16,17)10-4-2-3-9(5-10)6-12/h2-5,13H,6-7,12H2,1H3. The largest absolute Gasteiger partial charge is 0.340 e. The van der Waals surface area contributed by atoms with Gasteiger partial charge in [0.25, 0.3) is 0 Å². The molecule has 0 fully saturated rings. The SMILES string of the molecule is Cc1nc(CNS(=O)(=O)c2cccc(CN)c2)no1. The van der Waals surface area contributed by atoms with Crippen molar-refractivity contribution in [2.45, 2.75) is 24.9 Å². The zero-order valence-electron chi connectivity index (χ0n) is 10.3. The molecule has 8 heteroatoms. The first-order valence-electron chi connectivity index (χ1n) is 5.59. The van der Waals surface area contributed by atoms with E-state index in [9.17, 15) is 8.42 Å². The van der Waals surface area contributed by atoms with Gasteiger partial charge < -0.3 is 10.3 Å². The van der Waals surface area contributed by atoms with Gasteiger partial charge in [0.15, 0.2) is 5.82 Å². The summed E-state index contributed by atoms with van der Waals surface area (Å²) in [4.78, 5) is 4.08. The Bertz CT molecular complexity index is 666. The van der Waals surface area contributed by atoms with Crippen LogP contribution in [-0.2, 0) is 23.1 Å². The molecule has 0 saturated heterocycles. The van der Waals surface area contributed by atoms with Crippen LogP contribution in [0.15, 0.2) is 33.7 Å². The van der Waals surface area contributed by atoms with Gasteiger partial charge in [-0.3, -0.25) is 0 Å². The number of rotatable bonds is 5. The molecule has 1 aromatic heterocycles. The first-order chi connectivity index (χ1) is 9.01. The summed E-state index contributed by atoms with van der Waals surface area (Å²) in [6.45, 7) is 1.90. The molecule has 0 aliphatic rings. The Morgan fingerprint density at radius 2 is 2.21 bits per heavy atom. The average molecular weight is 282 g/mol. The van der Waals surface area contributed by atoms with Crippen molar-refractivity contribution in [3.63, 3.8) is 0 Å². The van der Waals surface area contributed by atoms with Crippen LogP contribution in [0.4, 0.5) is 0 Å². The van der Waals surface area contributed by atoms with Gasteiger partial charge in [-0.1, -0.05) is 17.3 Å². The Morgan fingerprint density at radius 1 is 1.42 bits per heavy atom. The average Bonchev–Trinajstić information content (AvgIpc) is 2.82. The molecule has 0 bridgehead atoms. The Labute approximate surface area is 110 Å². The van der Waals surface area contributed by atoms with Gasteiger partial charge >= 0.3 is 0 Å². The molecule has 1 heterocycles. The number of nitrogens with zero attached hydrogens (tertiary/aromatic N) is 2. The highest BCUT2D eigenvalue weighted by molar-refractivity contribution is 7.89. The van der Waals surface area contributed by atoms with Crippen molar-refractivity contribution in [1.29, 1.82) is 0 Å². The van der Waals surface area contributed by atoms with Crippen LogP contribution in [0.3, 0.4) is 0 Å². The van der Waals surface area contributed by atoms with Crippen LogP contribution in [0, 0.1) is 6.92 Å². The van der Waals surface area contributed by atoms with Crippen LogP contribution >= 0.6 is 0 Å². The second-order valence-corrected chi connectivity index (χ2v) is 5.67. The Balaban J connectivity index is 2.13. The third kappa shape index (κ3) is 3.37. The van der Waals surface area contributed by atoms with Gasteiger partial charge in [0.2, 0.25) is 15.9 Å². The molecule has 0 radical (unpaired) electrons. The van der Waals surface area contributed by atoms with E-state index in [1.807, 2.05) is 0 Å². The van der Waals surface area contributed by atoms with E-state index < -0.39 is 10.0 Å². The zero-order chi connectivity index (χ0) is 13.9.